The Morgan fingerprint density at radius 1 is 1.22 bits per heavy atom. The predicted molar refractivity (Wildman–Crippen MR) is 71.1 cm³/mol. The van der Waals surface area contributed by atoms with Gasteiger partial charge in [0.1, 0.15) is 0 Å². The van der Waals surface area contributed by atoms with Gasteiger partial charge >= 0.3 is 0 Å². The van der Waals surface area contributed by atoms with Crippen molar-refractivity contribution in [3.8, 4) is 0 Å². The minimum atomic E-state index is -0.935. The van der Waals surface area contributed by atoms with Crippen molar-refractivity contribution in [2.75, 3.05) is 6.61 Å². The van der Waals surface area contributed by atoms with Crippen LogP contribution in [0.4, 0.5) is 0 Å². The maximum atomic E-state index is 11.3. The largest absolute Gasteiger partial charge is 0.392 e. The van der Waals surface area contributed by atoms with Crippen molar-refractivity contribution in [3.05, 3.63) is 11.1 Å². The van der Waals surface area contributed by atoms with E-state index in [0.717, 1.165) is 24.0 Å². The van der Waals surface area contributed by atoms with Crippen molar-refractivity contribution in [2.24, 2.45) is 10.8 Å². The molecule has 104 valence electrons. The van der Waals surface area contributed by atoms with Crippen molar-refractivity contribution < 1.29 is 15.3 Å². The zero-order valence-electron chi connectivity index (χ0n) is 12.0. The molecule has 0 aromatic rings. The highest BCUT2D eigenvalue weighted by molar-refractivity contribution is 5.34. The lowest BCUT2D eigenvalue weighted by Gasteiger charge is -2.62. The van der Waals surface area contributed by atoms with E-state index in [1.54, 1.807) is 0 Å². The highest BCUT2D eigenvalue weighted by Crippen LogP contribution is 2.61. The zero-order valence-corrected chi connectivity index (χ0v) is 12.0. The molecule has 2 aliphatic carbocycles. The molecule has 1 saturated carbocycles. The number of aliphatic hydroxyl groups is 3. The molecule has 0 aromatic heterocycles. The summed E-state index contributed by atoms with van der Waals surface area (Å²) in [5, 5.41) is 31.4. The first kappa shape index (κ1) is 14.0. The second kappa shape index (κ2) is 4.06. The second-order valence-electron chi connectivity index (χ2n) is 6.92. The number of allylic oxidation sites excluding steroid dienone is 1. The maximum absolute atomic E-state index is 11.3. The molecule has 18 heavy (non-hydrogen) atoms. The summed E-state index contributed by atoms with van der Waals surface area (Å²) in [6, 6.07) is 0. The first-order chi connectivity index (χ1) is 8.20. The number of aliphatic hydroxyl groups excluding tert-OH is 2. The Kier molecular flexibility index (Phi) is 3.16. The molecular weight excluding hydrogens is 228 g/mol. The lowest BCUT2D eigenvalue weighted by atomic mass is 9.46. The van der Waals surface area contributed by atoms with Crippen molar-refractivity contribution in [1.29, 1.82) is 0 Å². The van der Waals surface area contributed by atoms with Crippen LogP contribution in [0.2, 0.25) is 0 Å². The first-order valence-electron chi connectivity index (χ1n) is 6.91. The fourth-order valence-corrected chi connectivity index (χ4v) is 4.28. The van der Waals surface area contributed by atoms with Gasteiger partial charge < -0.3 is 15.3 Å². The molecule has 3 nitrogen and oxygen atoms in total. The summed E-state index contributed by atoms with van der Waals surface area (Å²) in [7, 11) is 0. The number of hydrogen-bond acceptors (Lipinski definition) is 3. The summed E-state index contributed by atoms with van der Waals surface area (Å²) in [5.74, 6) is 0. The fraction of sp³-hybridized carbons (Fsp3) is 0.867. The van der Waals surface area contributed by atoms with Gasteiger partial charge in [0.15, 0.2) is 0 Å². The topological polar surface area (TPSA) is 60.7 Å². The van der Waals surface area contributed by atoms with Crippen LogP contribution in [0, 0.1) is 10.8 Å². The van der Waals surface area contributed by atoms with Crippen molar-refractivity contribution in [3.63, 3.8) is 0 Å². The molecule has 0 aromatic carbocycles. The van der Waals surface area contributed by atoms with Crippen molar-refractivity contribution >= 4 is 0 Å². The van der Waals surface area contributed by atoms with Gasteiger partial charge in [-0.3, -0.25) is 0 Å². The summed E-state index contributed by atoms with van der Waals surface area (Å²) in [4.78, 5) is 0. The van der Waals surface area contributed by atoms with Crippen LogP contribution < -0.4 is 0 Å². The number of hydrogen-bond donors (Lipinski definition) is 3. The molecular formula is C15H26O3. The summed E-state index contributed by atoms with van der Waals surface area (Å²) < 4.78 is 0. The highest BCUT2D eigenvalue weighted by Gasteiger charge is 2.64. The second-order valence-corrected chi connectivity index (χ2v) is 6.92. The van der Waals surface area contributed by atoms with Gasteiger partial charge in [-0.1, -0.05) is 26.3 Å². The van der Waals surface area contributed by atoms with Crippen molar-refractivity contribution in [1.82, 2.24) is 0 Å². The van der Waals surface area contributed by atoms with E-state index in [1.807, 2.05) is 13.8 Å². The van der Waals surface area contributed by atoms with Gasteiger partial charge in [0.05, 0.1) is 18.3 Å². The molecule has 0 amide bonds. The minimum Gasteiger partial charge on any atom is -0.392 e. The van der Waals surface area contributed by atoms with Gasteiger partial charge in [-0.2, -0.15) is 0 Å². The first-order valence-corrected chi connectivity index (χ1v) is 6.91. The molecule has 0 bridgehead atoms. The Hall–Kier alpha value is -0.380. The third-order valence-corrected chi connectivity index (χ3v) is 5.85. The Bertz CT molecular complexity index is 385. The van der Waals surface area contributed by atoms with Gasteiger partial charge in [0, 0.05) is 5.41 Å². The SMILES string of the molecule is CC1=C(CO)[C@]2(C)[C@H](O)CCC(C)(C)[C@@]2(O)CC1. The Morgan fingerprint density at radius 2 is 1.83 bits per heavy atom. The van der Waals surface area contributed by atoms with E-state index >= 15 is 0 Å². The summed E-state index contributed by atoms with van der Waals surface area (Å²) in [6.45, 7) is 8.01. The normalized spacial score (nSPS) is 43.8. The van der Waals surface area contributed by atoms with E-state index in [9.17, 15) is 15.3 Å². The summed E-state index contributed by atoms with van der Waals surface area (Å²) in [5.41, 5.74) is 0.0846. The lowest BCUT2D eigenvalue weighted by molar-refractivity contribution is -0.219. The minimum absolute atomic E-state index is 0.0716. The van der Waals surface area contributed by atoms with Gasteiger partial charge in [-0.15, -0.1) is 0 Å². The van der Waals surface area contributed by atoms with Gasteiger partial charge in [-0.05, 0) is 43.6 Å². The van der Waals surface area contributed by atoms with Gasteiger partial charge in [0.25, 0.3) is 0 Å². The van der Waals surface area contributed by atoms with E-state index in [1.165, 1.54) is 0 Å². The molecule has 0 heterocycles. The van der Waals surface area contributed by atoms with E-state index in [-0.39, 0.29) is 12.0 Å². The molecule has 3 N–H and O–H groups in total. The molecule has 0 radical (unpaired) electrons. The molecule has 1 fully saturated rings. The molecule has 0 aliphatic heterocycles. The maximum Gasteiger partial charge on any atom is 0.0817 e. The quantitative estimate of drug-likeness (QED) is 0.627. The molecule has 3 heteroatoms. The highest BCUT2D eigenvalue weighted by atomic mass is 16.3. The number of rotatable bonds is 1. The van der Waals surface area contributed by atoms with E-state index in [2.05, 4.69) is 13.8 Å². The Morgan fingerprint density at radius 3 is 2.39 bits per heavy atom. The van der Waals surface area contributed by atoms with E-state index < -0.39 is 17.1 Å². The monoisotopic (exact) mass is 254 g/mol. The van der Waals surface area contributed by atoms with E-state index in [4.69, 9.17) is 0 Å². The predicted octanol–water partition coefficient (Wildman–Crippen LogP) is 2.01. The zero-order chi connectivity index (χ0) is 13.8. The van der Waals surface area contributed by atoms with Gasteiger partial charge in [0.2, 0.25) is 0 Å². The van der Waals surface area contributed by atoms with Crippen LogP contribution in [-0.2, 0) is 0 Å². The van der Waals surface area contributed by atoms with Crippen LogP contribution in [0.25, 0.3) is 0 Å². The Labute approximate surface area is 110 Å². The fourth-order valence-electron chi connectivity index (χ4n) is 4.28. The van der Waals surface area contributed by atoms with Crippen LogP contribution in [0.5, 0.6) is 0 Å². The Balaban J connectivity index is 2.63. The summed E-state index contributed by atoms with van der Waals surface area (Å²) in [6.07, 6.45) is 2.40. The smallest absolute Gasteiger partial charge is 0.0817 e. The molecule has 2 rings (SSSR count). The summed E-state index contributed by atoms with van der Waals surface area (Å²) >= 11 is 0. The van der Waals surface area contributed by atoms with Crippen LogP contribution in [0.1, 0.15) is 53.4 Å². The van der Waals surface area contributed by atoms with Crippen LogP contribution in [0.15, 0.2) is 11.1 Å². The molecule has 0 saturated heterocycles. The third kappa shape index (κ3) is 1.47. The lowest BCUT2D eigenvalue weighted by Crippen LogP contribution is -2.66. The van der Waals surface area contributed by atoms with E-state index in [0.29, 0.717) is 12.8 Å². The average molecular weight is 254 g/mol. The average Bonchev–Trinajstić information content (AvgIpc) is 2.30. The molecule has 0 spiro atoms. The van der Waals surface area contributed by atoms with Crippen molar-refractivity contribution in [2.45, 2.75) is 65.1 Å². The van der Waals surface area contributed by atoms with Crippen LogP contribution in [-0.4, -0.2) is 33.6 Å². The number of fused-ring (bicyclic) bond motifs is 1. The van der Waals surface area contributed by atoms with Crippen LogP contribution in [0.3, 0.4) is 0 Å². The van der Waals surface area contributed by atoms with Gasteiger partial charge in [-0.25, -0.2) is 0 Å². The molecule has 2 aliphatic rings. The molecule has 0 unspecified atom stereocenters. The standard InChI is InChI=1S/C15H26O3/c1-10-5-8-15(18)13(2,3)7-6-12(17)14(15,4)11(10)9-16/h12,16-18H,5-9H2,1-4H3/t12-,14-,15+/m1/s1. The molecule has 3 atom stereocenters. The third-order valence-electron chi connectivity index (χ3n) is 5.85. The van der Waals surface area contributed by atoms with Crippen LogP contribution >= 0.6 is 0 Å².